The Hall–Kier alpha value is -1.68. The summed E-state index contributed by atoms with van der Waals surface area (Å²) in [5.74, 6) is 0.577. The van der Waals surface area contributed by atoms with Gasteiger partial charge in [0.2, 0.25) is 5.91 Å². The molecule has 24 heavy (non-hydrogen) atoms. The number of carbonyl (C=O) groups is 2. The molecule has 0 atom stereocenters. The third-order valence-corrected chi connectivity index (χ3v) is 4.72. The fraction of sp³-hybridized carbons (Fsp3) is 0.600. The van der Waals surface area contributed by atoms with E-state index in [4.69, 9.17) is 0 Å². The molecule has 1 aliphatic heterocycles. The second-order valence-corrected chi connectivity index (χ2v) is 6.66. The molecule has 0 radical (unpaired) electrons. The minimum atomic E-state index is 0.0983. The largest absolute Gasteiger partial charge is 0.342 e. The number of carbonyl (C=O) groups excluding carboxylic acids is 2. The summed E-state index contributed by atoms with van der Waals surface area (Å²) < 4.78 is 0. The number of hydrogen-bond acceptors (Lipinski definition) is 3. The maximum Gasteiger partial charge on any atom is 0.236 e. The van der Waals surface area contributed by atoms with E-state index in [2.05, 4.69) is 18.7 Å². The van der Waals surface area contributed by atoms with Gasteiger partial charge >= 0.3 is 0 Å². The quantitative estimate of drug-likeness (QED) is 0.687. The highest BCUT2D eigenvalue weighted by molar-refractivity contribution is 5.97. The van der Waals surface area contributed by atoms with Crippen molar-refractivity contribution < 1.29 is 9.59 Å². The third kappa shape index (κ3) is 5.17. The number of benzene rings is 1. The molecule has 1 fully saturated rings. The van der Waals surface area contributed by atoms with Crippen LogP contribution in [0, 0.1) is 5.92 Å². The number of hydrogen-bond donors (Lipinski definition) is 0. The van der Waals surface area contributed by atoms with Gasteiger partial charge in [-0.15, -0.1) is 0 Å². The van der Waals surface area contributed by atoms with Gasteiger partial charge in [0, 0.05) is 24.6 Å². The lowest BCUT2D eigenvalue weighted by Crippen LogP contribution is -2.44. The van der Waals surface area contributed by atoms with E-state index in [0.717, 1.165) is 57.4 Å². The van der Waals surface area contributed by atoms with Crippen LogP contribution in [0.25, 0.3) is 0 Å². The van der Waals surface area contributed by atoms with Crippen LogP contribution in [-0.4, -0.2) is 54.2 Å². The van der Waals surface area contributed by atoms with Crippen LogP contribution in [0.2, 0.25) is 0 Å². The molecule has 0 N–H and O–H groups in total. The highest BCUT2D eigenvalue weighted by Crippen LogP contribution is 2.21. The van der Waals surface area contributed by atoms with E-state index in [-0.39, 0.29) is 17.6 Å². The maximum absolute atomic E-state index is 12.5. The monoisotopic (exact) mass is 330 g/mol. The van der Waals surface area contributed by atoms with E-state index in [1.54, 1.807) is 0 Å². The molecule has 4 heteroatoms. The molecule has 4 nitrogen and oxygen atoms in total. The van der Waals surface area contributed by atoms with Gasteiger partial charge in [-0.05, 0) is 38.8 Å². The summed E-state index contributed by atoms with van der Waals surface area (Å²) in [4.78, 5) is 29.1. The lowest BCUT2D eigenvalue weighted by molar-refractivity contribution is -0.132. The average molecular weight is 330 g/mol. The first-order valence-corrected chi connectivity index (χ1v) is 9.25. The Morgan fingerprint density at radius 2 is 1.62 bits per heavy atom. The number of amides is 1. The van der Waals surface area contributed by atoms with Crippen molar-refractivity contribution in [2.24, 2.45) is 5.92 Å². The molecule has 132 valence electrons. The number of rotatable bonds is 8. The molecule has 0 aliphatic carbocycles. The first-order chi connectivity index (χ1) is 11.7. The smallest absolute Gasteiger partial charge is 0.236 e. The van der Waals surface area contributed by atoms with Crippen molar-refractivity contribution in [2.75, 3.05) is 32.7 Å². The van der Waals surface area contributed by atoms with Gasteiger partial charge in [0.15, 0.2) is 5.78 Å². The Labute approximate surface area is 145 Å². The van der Waals surface area contributed by atoms with Gasteiger partial charge in [-0.25, -0.2) is 0 Å². The minimum Gasteiger partial charge on any atom is -0.342 e. The minimum absolute atomic E-state index is 0.0983. The first kappa shape index (κ1) is 18.7. The Morgan fingerprint density at radius 3 is 2.17 bits per heavy atom. The molecule has 1 heterocycles. The van der Waals surface area contributed by atoms with Crippen LogP contribution < -0.4 is 0 Å². The van der Waals surface area contributed by atoms with E-state index >= 15 is 0 Å². The van der Waals surface area contributed by atoms with E-state index in [1.165, 1.54) is 0 Å². The molecule has 0 saturated carbocycles. The van der Waals surface area contributed by atoms with Crippen LogP contribution in [0.4, 0.5) is 0 Å². The Bertz CT molecular complexity index is 516. The van der Waals surface area contributed by atoms with Gasteiger partial charge in [-0.3, -0.25) is 14.5 Å². The fourth-order valence-electron chi connectivity index (χ4n) is 3.38. The van der Waals surface area contributed by atoms with Crippen molar-refractivity contribution in [3.8, 4) is 0 Å². The summed E-state index contributed by atoms with van der Waals surface area (Å²) in [5, 5.41) is 0. The van der Waals surface area contributed by atoms with Gasteiger partial charge in [-0.1, -0.05) is 44.2 Å². The number of piperidine rings is 1. The van der Waals surface area contributed by atoms with Crippen molar-refractivity contribution >= 4 is 11.7 Å². The Morgan fingerprint density at radius 1 is 1.04 bits per heavy atom. The van der Waals surface area contributed by atoms with E-state index in [1.807, 2.05) is 35.2 Å². The highest BCUT2D eigenvalue weighted by Gasteiger charge is 2.27. The molecule has 1 amide bonds. The number of likely N-dealkylation sites (tertiary alicyclic amines) is 1. The van der Waals surface area contributed by atoms with Gasteiger partial charge in [-0.2, -0.15) is 0 Å². The lowest BCUT2D eigenvalue weighted by Gasteiger charge is -2.32. The van der Waals surface area contributed by atoms with E-state index < -0.39 is 0 Å². The Kier molecular flexibility index (Phi) is 7.44. The summed E-state index contributed by atoms with van der Waals surface area (Å²) in [6, 6.07) is 9.55. The molecule has 0 bridgehead atoms. The molecule has 1 aromatic carbocycles. The Balaban J connectivity index is 1.82. The number of Topliss-reactive ketones (excluding diaryl/α,β-unsaturated/α-hetero) is 1. The standard InChI is InChI=1S/C20H30N2O2/c1-3-12-22(13-4-2)19(23)16-21-14-10-18(11-15-21)20(24)17-8-6-5-7-9-17/h5-9,18H,3-4,10-16H2,1-2H3. The first-order valence-electron chi connectivity index (χ1n) is 9.25. The SMILES string of the molecule is CCCN(CCC)C(=O)CN1CCC(C(=O)c2ccccc2)CC1. The third-order valence-electron chi connectivity index (χ3n) is 4.72. The average Bonchev–Trinajstić information content (AvgIpc) is 2.62. The number of nitrogens with zero attached hydrogens (tertiary/aromatic N) is 2. The maximum atomic E-state index is 12.5. The van der Waals surface area contributed by atoms with Gasteiger partial charge in [0.05, 0.1) is 6.54 Å². The van der Waals surface area contributed by atoms with Gasteiger partial charge in [0.1, 0.15) is 0 Å². The fourth-order valence-corrected chi connectivity index (χ4v) is 3.38. The second kappa shape index (κ2) is 9.58. The van der Waals surface area contributed by atoms with Gasteiger partial charge in [0.25, 0.3) is 0 Å². The summed E-state index contributed by atoms with van der Waals surface area (Å²) in [6.45, 7) is 8.06. The predicted octanol–water partition coefficient (Wildman–Crippen LogP) is 3.23. The zero-order chi connectivity index (χ0) is 17.4. The zero-order valence-corrected chi connectivity index (χ0v) is 15.0. The van der Waals surface area contributed by atoms with Crippen molar-refractivity contribution in [1.29, 1.82) is 0 Å². The van der Waals surface area contributed by atoms with Crippen molar-refractivity contribution in [3.05, 3.63) is 35.9 Å². The van der Waals surface area contributed by atoms with Crippen molar-refractivity contribution in [1.82, 2.24) is 9.80 Å². The summed E-state index contributed by atoms with van der Waals surface area (Å²) in [5.41, 5.74) is 0.809. The molecule has 0 unspecified atom stereocenters. The molecular weight excluding hydrogens is 300 g/mol. The van der Waals surface area contributed by atoms with E-state index in [9.17, 15) is 9.59 Å². The van der Waals surface area contributed by atoms with Crippen LogP contribution in [0.1, 0.15) is 49.9 Å². The molecule has 1 aromatic rings. The number of ketones is 1. The molecule has 1 aliphatic rings. The molecule has 2 rings (SSSR count). The lowest BCUT2D eigenvalue weighted by atomic mass is 9.89. The van der Waals surface area contributed by atoms with Crippen molar-refractivity contribution in [2.45, 2.75) is 39.5 Å². The van der Waals surface area contributed by atoms with Crippen LogP contribution in [0.15, 0.2) is 30.3 Å². The molecule has 1 saturated heterocycles. The molecular formula is C20H30N2O2. The van der Waals surface area contributed by atoms with Crippen molar-refractivity contribution in [3.63, 3.8) is 0 Å². The highest BCUT2D eigenvalue weighted by atomic mass is 16.2. The van der Waals surface area contributed by atoms with Crippen LogP contribution >= 0.6 is 0 Å². The summed E-state index contributed by atoms with van der Waals surface area (Å²) >= 11 is 0. The summed E-state index contributed by atoms with van der Waals surface area (Å²) in [6.07, 6.45) is 3.70. The summed E-state index contributed by atoms with van der Waals surface area (Å²) in [7, 11) is 0. The second-order valence-electron chi connectivity index (χ2n) is 6.66. The normalized spacial score (nSPS) is 16.1. The van der Waals surface area contributed by atoms with Crippen LogP contribution in [0.3, 0.4) is 0 Å². The molecule has 0 spiro atoms. The van der Waals surface area contributed by atoms with E-state index in [0.29, 0.717) is 6.54 Å². The predicted molar refractivity (Wildman–Crippen MR) is 97.1 cm³/mol. The molecule has 0 aromatic heterocycles. The van der Waals surface area contributed by atoms with Gasteiger partial charge < -0.3 is 4.90 Å². The van der Waals surface area contributed by atoms with Crippen LogP contribution in [-0.2, 0) is 4.79 Å². The van der Waals surface area contributed by atoms with Crippen LogP contribution in [0.5, 0.6) is 0 Å². The zero-order valence-electron chi connectivity index (χ0n) is 15.0. The topological polar surface area (TPSA) is 40.6 Å².